The highest BCUT2D eigenvalue weighted by molar-refractivity contribution is 5.73. The van der Waals surface area contributed by atoms with Crippen molar-refractivity contribution < 1.29 is 23.1 Å². The Labute approximate surface area is 95.2 Å². The van der Waals surface area contributed by atoms with Gasteiger partial charge in [-0.1, -0.05) is 12.1 Å². The van der Waals surface area contributed by atoms with Crippen LogP contribution >= 0.6 is 0 Å². The average Bonchev–Trinajstić information content (AvgIpc) is 2.60. The van der Waals surface area contributed by atoms with Gasteiger partial charge in [0.2, 0.25) is 0 Å². The Hall–Kier alpha value is -1.44. The van der Waals surface area contributed by atoms with Crippen LogP contribution in [0, 0.1) is 5.92 Å². The van der Waals surface area contributed by atoms with Gasteiger partial charge in [0, 0.05) is 13.2 Å². The SMILES string of the molecule is CC(CCO)Cn1nnc(C=O)c1C(F)(F)F. The summed E-state index contributed by atoms with van der Waals surface area (Å²) in [6.45, 7) is 1.52. The van der Waals surface area contributed by atoms with Crippen LogP contribution < -0.4 is 0 Å². The Morgan fingerprint density at radius 2 is 2.18 bits per heavy atom. The smallest absolute Gasteiger partial charge is 0.396 e. The number of hydrogen-bond acceptors (Lipinski definition) is 4. The molecule has 0 aliphatic heterocycles. The maximum Gasteiger partial charge on any atom is 0.435 e. The van der Waals surface area contributed by atoms with Crippen molar-refractivity contribution in [3.05, 3.63) is 11.4 Å². The Kier molecular flexibility index (Phi) is 4.22. The molecule has 0 spiro atoms. The molecule has 0 radical (unpaired) electrons. The lowest BCUT2D eigenvalue weighted by atomic mass is 10.1. The van der Waals surface area contributed by atoms with Crippen LogP contribution in [0.3, 0.4) is 0 Å². The summed E-state index contributed by atoms with van der Waals surface area (Å²) in [4.78, 5) is 10.4. The van der Waals surface area contributed by atoms with E-state index in [0.717, 1.165) is 0 Å². The highest BCUT2D eigenvalue weighted by Crippen LogP contribution is 2.30. The number of aromatic nitrogens is 3. The number of rotatable bonds is 5. The van der Waals surface area contributed by atoms with E-state index in [2.05, 4.69) is 10.3 Å². The van der Waals surface area contributed by atoms with Crippen molar-refractivity contribution in [2.24, 2.45) is 5.92 Å². The maximum absolute atomic E-state index is 12.7. The molecule has 1 N–H and O–H groups in total. The zero-order valence-corrected chi connectivity index (χ0v) is 9.11. The number of aliphatic hydroxyl groups excluding tert-OH is 1. The average molecular weight is 251 g/mol. The van der Waals surface area contributed by atoms with Crippen LogP contribution in [0.2, 0.25) is 0 Å². The van der Waals surface area contributed by atoms with Gasteiger partial charge in [-0.25, -0.2) is 4.68 Å². The van der Waals surface area contributed by atoms with Gasteiger partial charge >= 0.3 is 6.18 Å². The number of aldehydes is 1. The lowest BCUT2D eigenvalue weighted by molar-refractivity contribution is -0.144. The summed E-state index contributed by atoms with van der Waals surface area (Å²) in [5, 5.41) is 15.2. The third kappa shape index (κ3) is 3.26. The first-order valence-electron chi connectivity index (χ1n) is 4.96. The molecule has 0 fully saturated rings. The lowest BCUT2D eigenvalue weighted by Crippen LogP contribution is -2.19. The highest BCUT2D eigenvalue weighted by Gasteiger charge is 2.39. The Bertz CT molecular complexity index is 389. The van der Waals surface area contributed by atoms with Crippen molar-refractivity contribution in [1.29, 1.82) is 0 Å². The van der Waals surface area contributed by atoms with Gasteiger partial charge in [-0.05, 0) is 12.3 Å². The number of carbonyl (C=O) groups excluding carboxylic acids is 1. The van der Waals surface area contributed by atoms with E-state index in [-0.39, 0.29) is 25.4 Å². The lowest BCUT2D eigenvalue weighted by Gasteiger charge is -2.13. The predicted molar refractivity (Wildman–Crippen MR) is 51.3 cm³/mol. The van der Waals surface area contributed by atoms with Gasteiger partial charge in [-0.3, -0.25) is 4.79 Å². The summed E-state index contributed by atoms with van der Waals surface area (Å²) >= 11 is 0. The molecule has 0 bridgehead atoms. The molecule has 5 nitrogen and oxygen atoms in total. The van der Waals surface area contributed by atoms with Crippen LogP contribution in [0.25, 0.3) is 0 Å². The number of alkyl halides is 3. The number of aliphatic hydroxyl groups is 1. The first-order valence-corrected chi connectivity index (χ1v) is 4.96. The minimum Gasteiger partial charge on any atom is -0.396 e. The van der Waals surface area contributed by atoms with Crippen LogP contribution in [-0.2, 0) is 12.7 Å². The van der Waals surface area contributed by atoms with Crippen molar-refractivity contribution in [3.63, 3.8) is 0 Å². The second-order valence-electron chi connectivity index (χ2n) is 3.74. The molecule has 1 rings (SSSR count). The van der Waals surface area contributed by atoms with Crippen molar-refractivity contribution in [3.8, 4) is 0 Å². The fourth-order valence-corrected chi connectivity index (χ4v) is 1.43. The van der Waals surface area contributed by atoms with Gasteiger partial charge < -0.3 is 5.11 Å². The first-order chi connectivity index (χ1) is 7.90. The second kappa shape index (κ2) is 5.26. The summed E-state index contributed by atoms with van der Waals surface area (Å²) in [5.74, 6) is -0.192. The topological polar surface area (TPSA) is 68.0 Å². The number of nitrogens with zero attached hydrogens (tertiary/aromatic N) is 3. The molecule has 1 aromatic rings. The fourth-order valence-electron chi connectivity index (χ4n) is 1.43. The molecule has 0 aromatic carbocycles. The van der Waals surface area contributed by atoms with E-state index in [4.69, 9.17) is 5.11 Å². The third-order valence-electron chi connectivity index (χ3n) is 2.25. The monoisotopic (exact) mass is 251 g/mol. The Morgan fingerprint density at radius 1 is 1.53 bits per heavy atom. The summed E-state index contributed by atoms with van der Waals surface area (Å²) in [6.07, 6.45) is -4.28. The predicted octanol–water partition coefficient (Wildman–Crippen LogP) is 1.13. The Balaban J connectivity index is 3.00. The standard InChI is InChI=1S/C9H12F3N3O2/c1-6(2-3-16)4-15-8(9(10,11)12)7(5-17)13-14-15/h5-6,16H,2-4H2,1H3. The van der Waals surface area contributed by atoms with Crippen molar-refractivity contribution >= 4 is 6.29 Å². The molecule has 0 aliphatic rings. The van der Waals surface area contributed by atoms with E-state index in [0.29, 0.717) is 11.1 Å². The fraction of sp³-hybridized carbons (Fsp3) is 0.667. The molecule has 1 heterocycles. The molecular formula is C9H12F3N3O2. The highest BCUT2D eigenvalue weighted by atomic mass is 19.4. The summed E-state index contributed by atoms with van der Waals surface area (Å²) in [6, 6.07) is 0. The van der Waals surface area contributed by atoms with Crippen LogP contribution in [0.4, 0.5) is 13.2 Å². The van der Waals surface area contributed by atoms with E-state index in [1.54, 1.807) is 6.92 Å². The van der Waals surface area contributed by atoms with Gasteiger partial charge in [0.25, 0.3) is 0 Å². The zero-order valence-electron chi connectivity index (χ0n) is 9.11. The molecule has 1 atom stereocenters. The van der Waals surface area contributed by atoms with Gasteiger partial charge in [0.05, 0.1) is 0 Å². The molecule has 0 saturated carbocycles. The van der Waals surface area contributed by atoms with E-state index in [1.165, 1.54) is 0 Å². The first kappa shape index (κ1) is 13.6. The molecule has 1 unspecified atom stereocenters. The quantitative estimate of drug-likeness (QED) is 0.796. The van der Waals surface area contributed by atoms with Crippen molar-refractivity contribution in [2.75, 3.05) is 6.61 Å². The zero-order chi connectivity index (χ0) is 13.1. The van der Waals surface area contributed by atoms with Gasteiger partial charge in [-0.15, -0.1) is 5.10 Å². The van der Waals surface area contributed by atoms with Gasteiger partial charge in [0.1, 0.15) is 0 Å². The van der Waals surface area contributed by atoms with Crippen LogP contribution in [0.15, 0.2) is 0 Å². The van der Waals surface area contributed by atoms with Crippen molar-refractivity contribution in [1.82, 2.24) is 15.0 Å². The molecular weight excluding hydrogens is 239 g/mol. The minimum atomic E-state index is -4.67. The number of carbonyl (C=O) groups is 1. The van der Waals surface area contributed by atoms with E-state index in [9.17, 15) is 18.0 Å². The molecule has 96 valence electrons. The number of hydrogen-bond donors (Lipinski definition) is 1. The third-order valence-corrected chi connectivity index (χ3v) is 2.25. The van der Waals surface area contributed by atoms with Crippen LogP contribution in [-0.4, -0.2) is 33.0 Å². The number of halogens is 3. The normalized spacial score (nSPS) is 13.7. The van der Waals surface area contributed by atoms with Gasteiger partial charge in [-0.2, -0.15) is 13.2 Å². The molecule has 0 amide bonds. The minimum absolute atomic E-state index is 0.0308. The Morgan fingerprint density at radius 3 is 2.65 bits per heavy atom. The molecule has 17 heavy (non-hydrogen) atoms. The maximum atomic E-state index is 12.7. The molecule has 8 heteroatoms. The molecule has 0 saturated heterocycles. The van der Waals surface area contributed by atoms with Crippen LogP contribution in [0.5, 0.6) is 0 Å². The van der Waals surface area contributed by atoms with E-state index < -0.39 is 17.6 Å². The van der Waals surface area contributed by atoms with E-state index in [1.807, 2.05) is 0 Å². The molecule has 1 aromatic heterocycles. The summed E-state index contributed by atoms with van der Waals surface area (Å²) < 4.78 is 38.6. The van der Waals surface area contributed by atoms with Gasteiger partial charge in [0.15, 0.2) is 17.7 Å². The van der Waals surface area contributed by atoms with Crippen LogP contribution in [0.1, 0.15) is 29.5 Å². The molecule has 0 aliphatic carbocycles. The van der Waals surface area contributed by atoms with E-state index >= 15 is 0 Å². The second-order valence-corrected chi connectivity index (χ2v) is 3.74. The summed E-state index contributed by atoms with van der Waals surface area (Å²) in [5.41, 5.74) is -1.86. The largest absolute Gasteiger partial charge is 0.435 e. The summed E-state index contributed by atoms with van der Waals surface area (Å²) in [7, 11) is 0. The van der Waals surface area contributed by atoms with Crippen molar-refractivity contribution in [2.45, 2.75) is 26.1 Å².